The van der Waals surface area contributed by atoms with E-state index in [9.17, 15) is 4.79 Å². The summed E-state index contributed by atoms with van der Waals surface area (Å²) in [5, 5.41) is 8.26. The van der Waals surface area contributed by atoms with Crippen molar-refractivity contribution < 1.29 is 9.53 Å². The third-order valence-corrected chi connectivity index (χ3v) is 4.69. The summed E-state index contributed by atoms with van der Waals surface area (Å²) in [4.78, 5) is 16.8. The van der Waals surface area contributed by atoms with Gasteiger partial charge in [-0.05, 0) is 37.1 Å². The summed E-state index contributed by atoms with van der Waals surface area (Å²) in [6.45, 7) is 0. The molecule has 2 heterocycles. The Hall–Kier alpha value is -2.89. The number of hydrogen-bond donors (Lipinski definition) is 1. The fourth-order valence-electron chi connectivity index (χ4n) is 3.32. The van der Waals surface area contributed by atoms with E-state index in [0.717, 1.165) is 29.5 Å². The molecule has 0 radical (unpaired) electrons. The van der Waals surface area contributed by atoms with Crippen LogP contribution in [-0.4, -0.2) is 27.8 Å². The molecular weight excluding hydrogens is 316 g/mol. The molecule has 1 amide bonds. The van der Waals surface area contributed by atoms with E-state index < -0.39 is 0 Å². The molecule has 0 bridgehead atoms. The number of carbonyl (C=O) groups excluding carboxylic acids is 1. The Balaban J connectivity index is 1.51. The van der Waals surface area contributed by atoms with Gasteiger partial charge >= 0.3 is 0 Å². The molecule has 0 saturated heterocycles. The second kappa shape index (κ2) is 6.55. The SMILES string of the molecule is COc1ccc2cc(NC(=O)c3ccn(C4CCCC4)n3)cnc2c1. The van der Waals surface area contributed by atoms with Gasteiger partial charge in [0.05, 0.1) is 30.6 Å². The van der Waals surface area contributed by atoms with Crippen LogP contribution in [0.4, 0.5) is 5.69 Å². The molecule has 6 nitrogen and oxygen atoms in total. The van der Waals surface area contributed by atoms with Crippen molar-refractivity contribution in [3.63, 3.8) is 0 Å². The van der Waals surface area contributed by atoms with Crippen LogP contribution in [0.3, 0.4) is 0 Å². The molecule has 1 fully saturated rings. The summed E-state index contributed by atoms with van der Waals surface area (Å²) in [7, 11) is 1.63. The number of nitrogens with zero attached hydrogens (tertiary/aromatic N) is 3. The largest absolute Gasteiger partial charge is 0.497 e. The van der Waals surface area contributed by atoms with Gasteiger partial charge in [-0.1, -0.05) is 12.8 Å². The summed E-state index contributed by atoms with van der Waals surface area (Å²) >= 11 is 0. The first-order valence-corrected chi connectivity index (χ1v) is 8.53. The van der Waals surface area contributed by atoms with Crippen molar-refractivity contribution in [1.82, 2.24) is 14.8 Å². The van der Waals surface area contributed by atoms with Crippen LogP contribution in [0.25, 0.3) is 10.9 Å². The fourth-order valence-corrected chi connectivity index (χ4v) is 3.32. The van der Waals surface area contributed by atoms with E-state index in [1.807, 2.05) is 35.1 Å². The molecule has 1 saturated carbocycles. The van der Waals surface area contributed by atoms with Gasteiger partial charge in [-0.3, -0.25) is 14.5 Å². The van der Waals surface area contributed by atoms with E-state index in [1.165, 1.54) is 12.8 Å². The van der Waals surface area contributed by atoms with E-state index in [-0.39, 0.29) is 5.91 Å². The molecule has 0 spiro atoms. The Morgan fingerprint density at radius 1 is 1.24 bits per heavy atom. The van der Waals surface area contributed by atoms with Crippen molar-refractivity contribution in [3.05, 3.63) is 48.4 Å². The number of hydrogen-bond acceptors (Lipinski definition) is 4. The average Bonchev–Trinajstić information content (AvgIpc) is 3.32. The van der Waals surface area contributed by atoms with Crippen LogP contribution < -0.4 is 10.1 Å². The van der Waals surface area contributed by atoms with Crippen LogP contribution in [0, 0.1) is 0 Å². The van der Waals surface area contributed by atoms with Gasteiger partial charge in [0.25, 0.3) is 5.91 Å². The number of fused-ring (bicyclic) bond motifs is 1. The van der Waals surface area contributed by atoms with Crippen LogP contribution >= 0.6 is 0 Å². The highest BCUT2D eigenvalue weighted by Gasteiger charge is 2.19. The second-order valence-electron chi connectivity index (χ2n) is 6.36. The molecular formula is C19H20N4O2. The lowest BCUT2D eigenvalue weighted by atomic mass is 10.2. The minimum atomic E-state index is -0.216. The smallest absolute Gasteiger partial charge is 0.276 e. The summed E-state index contributed by atoms with van der Waals surface area (Å²) in [5.41, 5.74) is 1.91. The monoisotopic (exact) mass is 336 g/mol. The first kappa shape index (κ1) is 15.6. The summed E-state index contributed by atoms with van der Waals surface area (Å²) in [6, 6.07) is 9.76. The van der Waals surface area contributed by atoms with Crippen LogP contribution in [0.2, 0.25) is 0 Å². The normalized spacial score (nSPS) is 14.8. The Kier molecular flexibility index (Phi) is 4.09. The number of methoxy groups -OCH3 is 1. The third-order valence-electron chi connectivity index (χ3n) is 4.69. The molecule has 0 aliphatic heterocycles. The number of aromatic nitrogens is 3. The molecule has 2 aromatic heterocycles. The van der Waals surface area contributed by atoms with Gasteiger partial charge < -0.3 is 10.1 Å². The van der Waals surface area contributed by atoms with E-state index >= 15 is 0 Å². The van der Waals surface area contributed by atoms with E-state index in [0.29, 0.717) is 17.4 Å². The van der Waals surface area contributed by atoms with Gasteiger partial charge in [0, 0.05) is 17.6 Å². The van der Waals surface area contributed by atoms with Crippen molar-refractivity contribution >= 4 is 22.5 Å². The molecule has 4 rings (SSSR count). The number of carbonyl (C=O) groups is 1. The molecule has 128 valence electrons. The van der Waals surface area contributed by atoms with Crippen LogP contribution in [-0.2, 0) is 0 Å². The van der Waals surface area contributed by atoms with Crippen LogP contribution in [0.5, 0.6) is 5.75 Å². The maximum atomic E-state index is 12.4. The summed E-state index contributed by atoms with van der Waals surface area (Å²) in [6.07, 6.45) is 8.30. The number of nitrogens with one attached hydrogen (secondary N) is 1. The van der Waals surface area contributed by atoms with Crippen molar-refractivity contribution in [2.24, 2.45) is 0 Å². The third kappa shape index (κ3) is 3.20. The molecule has 1 aliphatic carbocycles. The molecule has 1 N–H and O–H groups in total. The quantitative estimate of drug-likeness (QED) is 0.786. The minimum absolute atomic E-state index is 0.216. The number of rotatable bonds is 4. The van der Waals surface area contributed by atoms with Crippen LogP contribution in [0.15, 0.2) is 42.7 Å². The molecule has 6 heteroatoms. The molecule has 0 unspecified atom stereocenters. The standard InChI is InChI=1S/C19H20N4O2/c1-25-16-7-6-13-10-14(12-20-18(13)11-16)21-19(24)17-8-9-23(22-17)15-4-2-3-5-15/h6-12,15H,2-5H2,1H3,(H,21,24). The lowest BCUT2D eigenvalue weighted by molar-refractivity contribution is 0.102. The average molecular weight is 336 g/mol. The van der Waals surface area contributed by atoms with E-state index in [1.54, 1.807) is 19.4 Å². The number of amides is 1. The van der Waals surface area contributed by atoms with Crippen molar-refractivity contribution in [3.8, 4) is 5.75 Å². The topological polar surface area (TPSA) is 69.0 Å². The zero-order valence-electron chi connectivity index (χ0n) is 14.1. The lowest BCUT2D eigenvalue weighted by Crippen LogP contribution is -2.14. The van der Waals surface area contributed by atoms with Gasteiger partial charge in [-0.25, -0.2) is 0 Å². The van der Waals surface area contributed by atoms with E-state index in [4.69, 9.17) is 4.74 Å². The van der Waals surface area contributed by atoms with Crippen molar-refractivity contribution in [1.29, 1.82) is 0 Å². The number of ether oxygens (including phenoxy) is 1. The van der Waals surface area contributed by atoms with Crippen molar-refractivity contribution in [2.45, 2.75) is 31.7 Å². The summed E-state index contributed by atoms with van der Waals surface area (Å²) in [5.74, 6) is 0.542. The zero-order chi connectivity index (χ0) is 17.2. The predicted molar refractivity (Wildman–Crippen MR) is 96.0 cm³/mol. The molecule has 3 aromatic rings. The highest BCUT2D eigenvalue weighted by atomic mass is 16.5. The molecule has 1 aliphatic rings. The molecule has 25 heavy (non-hydrogen) atoms. The predicted octanol–water partition coefficient (Wildman–Crippen LogP) is 3.81. The van der Waals surface area contributed by atoms with Crippen LogP contribution in [0.1, 0.15) is 42.2 Å². The Labute approximate surface area is 145 Å². The Morgan fingerprint density at radius 3 is 2.88 bits per heavy atom. The molecule has 0 atom stereocenters. The maximum Gasteiger partial charge on any atom is 0.276 e. The minimum Gasteiger partial charge on any atom is -0.497 e. The summed E-state index contributed by atoms with van der Waals surface area (Å²) < 4.78 is 7.12. The van der Waals surface area contributed by atoms with E-state index in [2.05, 4.69) is 15.4 Å². The first-order chi connectivity index (χ1) is 12.2. The number of anilines is 1. The van der Waals surface area contributed by atoms with Gasteiger partial charge in [-0.15, -0.1) is 0 Å². The zero-order valence-corrected chi connectivity index (χ0v) is 14.1. The Bertz CT molecular complexity index is 913. The fraction of sp³-hybridized carbons (Fsp3) is 0.316. The highest BCUT2D eigenvalue weighted by Crippen LogP contribution is 2.28. The van der Waals surface area contributed by atoms with Gasteiger partial charge in [-0.2, -0.15) is 5.10 Å². The van der Waals surface area contributed by atoms with Gasteiger partial charge in [0.2, 0.25) is 0 Å². The first-order valence-electron chi connectivity index (χ1n) is 8.53. The maximum absolute atomic E-state index is 12.4. The Morgan fingerprint density at radius 2 is 2.08 bits per heavy atom. The number of benzene rings is 1. The molecule has 1 aromatic carbocycles. The highest BCUT2D eigenvalue weighted by molar-refractivity contribution is 6.03. The second-order valence-corrected chi connectivity index (χ2v) is 6.36. The lowest BCUT2D eigenvalue weighted by Gasteiger charge is -2.09. The number of pyridine rings is 1. The van der Waals surface area contributed by atoms with Crippen molar-refractivity contribution in [2.75, 3.05) is 12.4 Å². The van der Waals surface area contributed by atoms with Gasteiger partial charge in [0.1, 0.15) is 5.75 Å². The van der Waals surface area contributed by atoms with Gasteiger partial charge in [0.15, 0.2) is 5.69 Å².